The molecular weight excluding hydrogens is 422 g/mol. The highest BCUT2D eigenvalue weighted by Crippen LogP contribution is 2.37. The fourth-order valence-corrected chi connectivity index (χ4v) is 4.34. The van der Waals surface area contributed by atoms with Crippen LogP contribution in [-0.4, -0.2) is 55.0 Å². The number of hydrogen-bond acceptors (Lipinski definition) is 6. The van der Waals surface area contributed by atoms with Crippen molar-refractivity contribution in [1.82, 2.24) is 4.90 Å². The molecule has 4 rings (SSSR count). The minimum absolute atomic E-state index is 0.0848. The van der Waals surface area contributed by atoms with Crippen molar-refractivity contribution in [3.8, 4) is 5.75 Å². The average molecular weight is 450 g/mol. The largest absolute Gasteiger partial charge is 0.497 e. The lowest BCUT2D eigenvalue weighted by atomic mass is 10.0. The summed E-state index contributed by atoms with van der Waals surface area (Å²) in [6, 6.07) is 13.8. The molecule has 2 aromatic carbocycles. The number of anilines is 2. The van der Waals surface area contributed by atoms with Gasteiger partial charge in [-0.05, 0) is 43.7 Å². The fourth-order valence-electron chi connectivity index (χ4n) is 4.34. The van der Waals surface area contributed by atoms with Crippen molar-refractivity contribution in [2.24, 2.45) is 0 Å². The Hall–Kier alpha value is -3.65. The van der Waals surface area contributed by atoms with Crippen LogP contribution in [0.4, 0.5) is 11.4 Å². The number of imide groups is 1. The quantitative estimate of drug-likeness (QED) is 0.706. The molecule has 0 aromatic heterocycles. The summed E-state index contributed by atoms with van der Waals surface area (Å²) in [4.78, 5) is 41.9. The van der Waals surface area contributed by atoms with Crippen molar-refractivity contribution in [2.75, 3.05) is 30.4 Å². The maximum atomic E-state index is 13.7. The summed E-state index contributed by atoms with van der Waals surface area (Å²) >= 11 is 0. The molecule has 0 aliphatic carbocycles. The number of nitrogens with zero attached hydrogens (tertiary/aromatic N) is 2. The summed E-state index contributed by atoms with van der Waals surface area (Å²) in [5.41, 5.74) is 2.36. The SMILES string of the molecule is COc1cccc(N2C(=O)C(c3ccc(NC(C)=O)cc3)=C(N3CC(C)OC(C)C3)C2=O)c1. The van der Waals surface area contributed by atoms with Gasteiger partial charge in [0.25, 0.3) is 11.8 Å². The van der Waals surface area contributed by atoms with Gasteiger partial charge in [0.05, 0.1) is 30.6 Å². The molecule has 33 heavy (non-hydrogen) atoms. The second-order valence-electron chi connectivity index (χ2n) is 8.29. The van der Waals surface area contributed by atoms with Crippen LogP contribution in [0.1, 0.15) is 26.3 Å². The van der Waals surface area contributed by atoms with E-state index in [2.05, 4.69) is 5.32 Å². The predicted molar refractivity (Wildman–Crippen MR) is 125 cm³/mol. The number of methoxy groups -OCH3 is 1. The Morgan fingerprint density at radius 2 is 1.70 bits per heavy atom. The van der Waals surface area contributed by atoms with E-state index in [0.717, 1.165) is 0 Å². The van der Waals surface area contributed by atoms with E-state index in [0.29, 0.717) is 47.0 Å². The van der Waals surface area contributed by atoms with Gasteiger partial charge in [-0.15, -0.1) is 0 Å². The van der Waals surface area contributed by atoms with Crippen LogP contribution in [0.5, 0.6) is 5.75 Å². The van der Waals surface area contributed by atoms with E-state index < -0.39 is 5.91 Å². The van der Waals surface area contributed by atoms with Crippen molar-refractivity contribution in [2.45, 2.75) is 33.0 Å². The van der Waals surface area contributed by atoms with Crippen LogP contribution in [0.15, 0.2) is 54.2 Å². The van der Waals surface area contributed by atoms with Crippen molar-refractivity contribution >= 4 is 34.7 Å². The Bertz CT molecular complexity index is 1120. The van der Waals surface area contributed by atoms with Gasteiger partial charge < -0.3 is 19.7 Å². The number of rotatable bonds is 5. The van der Waals surface area contributed by atoms with Crippen molar-refractivity contribution in [3.05, 3.63) is 59.8 Å². The summed E-state index contributed by atoms with van der Waals surface area (Å²) in [7, 11) is 1.54. The number of carbonyl (C=O) groups is 3. The second kappa shape index (κ2) is 9.07. The third-order valence-electron chi connectivity index (χ3n) is 5.60. The zero-order chi connectivity index (χ0) is 23.7. The lowest BCUT2D eigenvalue weighted by molar-refractivity contribution is -0.121. The zero-order valence-corrected chi connectivity index (χ0v) is 19.1. The molecule has 8 heteroatoms. The molecule has 2 atom stereocenters. The summed E-state index contributed by atoms with van der Waals surface area (Å²) in [6.07, 6.45) is -0.170. The van der Waals surface area contributed by atoms with Gasteiger partial charge in [0.15, 0.2) is 0 Å². The minimum Gasteiger partial charge on any atom is -0.497 e. The number of carbonyl (C=O) groups excluding carboxylic acids is 3. The lowest BCUT2D eigenvalue weighted by Gasteiger charge is -2.37. The highest BCUT2D eigenvalue weighted by atomic mass is 16.5. The van der Waals surface area contributed by atoms with Crippen LogP contribution in [0.25, 0.3) is 5.57 Å². The van der Waals surface area contributed by atoms with Gasteiger partial charge in [0.2, 0.25) is 5.91 Å². The Kier molecular flexibility index (Phi) is 6.20. The summed E-state index contributed by atoms with van der Waals surface area (Å²) in [5, 5.41) is 2.72. The molecule has 2 heterocycles. The molecule has 1 saturated heterocycles. The summed E-state index contributed by atoms with van der Waals surface area (Å²) in [5.74, 6) is -0.413. The first kappa shape index (κ1) is 22.5. The topological polar surface area (TPSA) is 88.2 Å². The van der Waals surface area contributed by atoms with Crippen LogP contribution >= 0.6 is 0 Å². The number of nitrogens with one attached hydrogen (secondary N) is 1. The molecule has 2 unspecified atom stereocenters. The van der Waals surface area contributed by atoms with Crippen molar-refractivity contribution < 1.29 is 23.9 Å². The average Bonchev–Trinajstić information content (AvgIpc) is 3.03. The van der Waals surface area contributed by atoms with Crippen LogP contribution in [0, 0.1) is 0 Å². The molecule has 2 aliphatic rings. The number of ether oxygens (including phenoxy) is 2. The molecule has 3 amide bonds. The van der Waals surface area contributed by atoms with Crippen LogP contribution in [0.3, 0.4) is 0 Å². The molecule has 0 radical (unpaired) electrons. The van der Waals surface area contributed by atoms with Crippen molar-refractivity contribution in [3.63, 3.8) is 0 Å². The Morgan fingerprint density at radius 3 is 2.30 bits per heavy atom. The highest BCUT2D eigenvalue weighted by molar-refractivity contribution is 6.45. The molecule has 8 nitrogen and oxygen atoms in total. The number of benzene rings is 2. The van der Waals surface area contributed by atoms with Crippen LogP contribution in [0.2, 0.25) is 0 Å². The van der Waals surface area contributed by atoms with E-state index in [4.69, 9.17) is 9.47 Å². The molecule has 0 spiro atoms. The smallest absolute Gasteiger partial charge is 0.282 e. The highest BCUT2D eigenvalue weighted by Gasteiger charge is 2.44. The molecule has 172 valence electrons. The van der Waals surface area contributed by atoms with E-state index in [-0.39, 0.29) is 24.0 Å². The van der Waals surface area contributed by atoms with Crippen LogP contribution < -0.4 is 15.0 Å². The molecular formula is C25H27N3O5. The molecule has 1 fully saturated rings. The first-order valence-corrected chi connectivity index (χ1v) is 10.8. The van der Waals surface area contributed by atoms with Gasteiger partial charge in [0.1, 0.15) is 11.4 Å². The zero-order valence-electron chi connectivity index (χ0n) is 19.1. The maximum Gasteiger partial charge on any atom is 0.282 e. The van der Waals surface area contributed by atoms with Gasteiger partial charge in [-0.1, -0.05) is 18.2 Å². The number of hydrogen-bond donors (Lipinski definition) is 1. The molecule has 2 aromatic rings. The van der Waals surface area contributed by atoms with E-state index >= 15 is 0 Å². The third-order valence-corrected chi connectivity index (χ3v) is 5.60. The van der Waals surface area contributed by atoms with E-state index in [9.17, 15) is 14.4 Å². The maximum absolute atomic E-state index is 13.7. The predicted octanol–water partition coefficient (Wildman–Crippen LogP) is 3.05. The minimum atomic E-state index is -0.401. The lowest BCUT2D eigenvalue weighted by Crippen LogP contribution is -2.47. The van der Waals surface area contributed by atoms with Gasteiger partial charge in [-0.2, -0.15) is 0 Å². The molecule has 2 aliphatic heterocycles. The first-order chi connectivity index (χ1) is 15.8. The van der Waals surface area contributed by atoms with Crippen LogP contribution in [-0.2, 0) is 19.1 Å². The molecule has 0 bridgehead atoms. The molecule has 1 N–H and O–H groups in total. The standard InChI is InChI=1S/C25H27N3O5/c1-15-13-27(14-16(2)33-15)23-22(18-8-10-19(11-9-18)26-17(3)29)24(30)28(25(23)31)20-6-5-7-21(12-20)32-4/h5-12,15-16H,13-14H2,1-4H3,(H,26,29). The second-order valence-corrected chi connectivity index (χ2v) is 8.29. The van der Waals surface area contributed by atoms with Gasteiger partial charge in [-0.25, -0.2) is 4.90 Å². The normalized spacial score (nSPS) is 21.0. The van der Waals surface area contributed by atoms with E-state index in [1.807, 2.05) is 18.7 Å². The first-order valence-electron chi connectivity index (χ1n) is 10.8. The van der Waals surface area contributed by atoms with Gasteiger partial charge in [-0.3, -0.25) is 14.4 Å². The number of amides is 3. The van der Waals surface area contributed by atoms with Crippen molar-refractivity contribution in [1.29, 1.82) is 0 Å². The summed E-state index contributed by atoms with van der Waals surface area (Å²) < 4.78 is 11.1. The third kappa shape index (κ3) is 4.47. The van der Waals surface area contributed by atoms with E-state index in [1.54, 1.807) is 48.5 Å². The fraction of sp³-hybridized carbons (Fsp3) is 0.320. The Labute approximate surface area is 192 Å². The number of morpholine rings is 1. The Morgan fingerprint density at radius 1 is 1.03 bits per heavy atom. The van der Waals surface area contributed by atoms with Gasteiger partial charge >= 0.3 is 0 Å². The van der Waals surface area contributed by atoms with E-state index in [1.165, 1.54) is 18.9 Å². The Balaban J connectivity index is 1.79. The summed E-state index contributed by atoms with van der Waals surface area (Å²) in [6.45, 7) is 6.33. The molecule has 0 saturated carbocycles. The van der Waals surface area contributed by atoms with Gasteiger partial charge in [0, 0.05) is 31.8 Å². The monoisotopic (exact) mass is 449 g/mol.